The molecule has 2 aromatic carbocycles. The molecule has 0 saturated heterocycles. The number of tetrazole rings is 1. The third kappa shape index (κ3) is 4.14. The van der Waals surface area contributed by atoms with Crippen LogP contribution < -0.4 is 5.69 Å². The van der Waals surface area contributed by atoms with Crippen molar-refractivity contribution in [2.45, 2.75) is 46.1 Å². The number of benzene rings is 2. The first-order chi connectivity index (χ1) is 15.5. The van der Waals surface area contributed by atoms with E-state index >= 15 is 0 Å². The van der Waals surface area contributed by atoms with Crippen LogP contribution in [-0.4, -0.2) is 40.9 Å². The van der Waals surface area contributed by atoms with Gasteiger partial charge in [0.2, 0.25) is 0 Å². The quantitative estimate of drug-likeness (QED) is 0.479. The molecule has 1 unspecified atom stereocenters. The minimum absolute atomic E-state index is 0.0706. The highest BCUT2D eigenvalue weighted by Gasteiger charge is 2.20. The molecule has 164 valence electrons. The predicted octanol–water partition coefficient (Wildman–Crippen LogP) is 3.50. The third-order valence-electron chi connectivity index (χ3n) is 5.59. The number of aromatic amines is 1. The van der Waals surface area contributed by atoms with Crippen LogP contribution >= 0.6 is 0 Å². The fourth-order valence-corrected chi connectivity index (χ4v) is 3.53. The van der Waals surface area contributed by atoms with E-state index in [4.69, 9.17) is 0 Å². The second-order valence-electron chi connectivity index (χ2n) is 7.72. The van der Waals surface area contributed by atoms with E-state index in [9.17, 15) is 9.59 Å². The SMILES string of the molecule is CCC(=O)n1nc(C(C)CC)n(Cc2ccc(-c3cccc(-c4nnn[nH]4)c3)cc2)c1=O. The molecule has 0 fully saturated rings. The lowest BCUT2D eigenvalue weighted by Crippen LogP contribution is -2.30. The Hall–Kier alpha value is -3.88. The van der Waals surface area contributed by atoms with Crippen molar-refractivity contribution in [2.75, 3.05) is 0 Å². The number of aromatic nitrogens is 7. The van der Waals surface area contributed by atoms with Gasteiger partial charge in [-0.1, -0.05) is 63.2 Å². The smallest absolute Gasteiger partial charge is 0.274 e. The van der Waals surface area contributed by atoms with Crippen LogP contribution in [0.1, 0.15) is 55.7 Å². The molecule has 0 saturated carbocycles. The molecule has 0 aliphatic carbocycles. The summed E-state index contributed by atoms with van der Waals surface area (Å²) in [5.41, 5.74) is 3.54. The van der Waals surface area contributed by atoms with Crippen molar-refractivity contribution in [3.63, 3.8) is 0 Å². The van der Waals surface area contributed by atoms with Gasteiger partial charge in [0.15, 0.2) is 5.82 Å². The Morgan fingerprint density at radius 3 is 2.47 bits per heavy atom. The minimum atomic E-state index is -0.385. The second kappa shape index (κ2) is 9.09. The molecule has 0 aliphatic heterocycles. The topological polar surface area (TPSA) is 111 Å². The standard InChI is InChI=1S/C23H25N7O2/c1-4-15(3)22-26-30(20(31)5-2)23(32)29(22)14-16-9-11-17(12-10-16)18-7-6-8-19(13-18)21-24-27-28-25-21/h6-13,15H,4-5,14H2,1-3H3,(H,24,25,27,28). The van der Waals surface area contributed by atoms with Crippen molar-refractivity contribution in [2.24, 2.45) is 0 Å². The van der Waals surface area contributed by atoms with Crippen LogP contribution in [0.15, 0.2) is 53.3 Å². The first-order valence-electron chi connectivity index (χ1n) is 10.7. The van der Waals surface area contributed by atoms with Gasteiger partial charge in [-0.15, -0.1) is 14.9 Å². The van der Waals surface area contributed by atoms with E-state index in [0.29, 0.717) is 18.2 Å². The van der Waals surface area contributed by atoms with E-state index in [1.54, 1.807) is 11.5 Å². The molecule has 0 bridgehead atoms. The lowest BCUT2D eigenvalue weighted by Gasteiger charge is -2.11. The van der Waals surface area contributed by atoms with Crippen molar-refractivity contribution in [3.8, 4) is 22.5 Å². The summed E-state index contributed by atoms with van der Waals surface area (Å²) in [6, 6.07) is 16.0. The van der Waals surface area contributed by atoms with Crippen molar-refractivity contribution in [3.05, 3.63) is 70.4 Å². The molecular weight excluding hydrogens is 406 g/mol. The largest absolute Gasteiger partial charge is 0.353 e. The van der Waals surface area contributed by atoms with Gasteiger partial charge in [-0.05, 0) is 39.6 Å². The van der Waals surface area contributed by atoms with E-state index in [0.717, 1.165) is 33.4 Å². The number of hydrogen-bond donors (Lipinski definition) is 1. The Morgan fingerprint density at radius 2 is 1.81 bits per heavy atom. The van der Waals surface area contributed by atoms with Crippen LogP contribution in [0.4, 0.5) is 0 Å². The van der Waals surface area contributed by atoms with Crippen LogP contribution in [-0.2, 0) is 6.54 Å². The van der Waals surface area contributed by atoms with Crippen LogP contribution in [0.2, 0.25) is 0 Å². The fraction of sp³-hybridized carbons (Fsp3) is 0.304. The number of nitrogens with zero attached hydrogens (tertiary/aromatic N) is 6. The van der Waals surface area contributed by atoms with Gasteiger partial charge < -0.3 is 0 Å². The molecular formula is C23H25N7O2. The number of H-pyrrole nitrogens is 1. The number of carbonyl (C=O) groups is 1. The zero-order valence-electron chi connectivity index (χ0n) is 18.3. The van der Waals surface area contributed by atoms with Crippen molar-refractivity contribution >= 4 is 5.91 Å². The number of hydrogen-bond acceptors (Lipinski definition) is 6. The summed E-state index contributed by atoms with van der Waals surface area (Å²) in [5, 5.41) is 18.3. The summed E-state index contributed by atoms with van der Waals surface area (Å²) in [6.45, 7) is 6.14. The van der Waals surface area contributed by atoms with E-state index < -0.39 is 0 Å². The Balaban J connectivity index is 1.62. The average Bonchev–Trinajstić information content (AvgIpc) is 3.48. The van der Waals surface area contributed by atoms with Gasteiger partial charge in [0, 0.05) is 17.9 Å². The summed E-state index contributed by atoms with van der Waals surface area (Å²) in [5.74, 6) is 1.02. The minimum Gasteiger partial charge on any atom is -0.274 e. The summed E-state index contributed by atoms with van der Waals surface area (Å²) in [7, 11) is 0. The van der Waals surface area contributed by atoms with E-state index in [1.807, 2.05) is 62.4 Å². The Labute approximate surface area is 185 Å². The van der Waals surface area contributed by atoms with Crippen molar-refractivity contribution < 1.29 is 4.79 Å². The molecule has 0 amide bonds. The summed E-state index contributed by atoms with van der Waals surface area (Å²) < 4.78 is 2.61. The number of carbonyl (C=O) groups excluding carboxylic acids is 1. The summed E-state index contributed by atoms with van der Waals surface area (Å²) >= 11 is 0. The average molecular weight is 432 g/mol. The number of rotatable bonds is 7. The first-order valence-corrected chi connectivity index (χ1v) is 10.7. The third-order valence-corrected chi connectivity index (χ3v) is 5.59. The molecule has 32 heavy (non-hydrogen) atoms. The lowest BCUT2D eigenvalue weighted by molar-refractivity contribution is 0.0887. The Kier molecular flexibility index (Phi) is 6.07. The molecule has 0 radical (unpaired) electrons. The molecule has 2 aromatic heterocycles. The Bertz CT molecular complexity index is 1270. The fourth-order valence-electron chi connectivity index (χ4n) is 3.53. The monoisotopic (exact) mass is 431 g/mol. The molecule has 4 rings (SSSR count). The molecule has 0 spiro atoms. The molecule has 4 aromatic rings. The maximum absolute atomic E-state index is 12.9. The van der Waals surface area contributed by atoms with Crippen molar-refractivity contribution in [1.29, 1.82) is 0 Å². The van der Waals surface area contributed by atoms with Crippen LogP contribution in [0.25, 0.3) is 22.5 Å². The first kappa shape index (κ1) is 21.4. The van der Waals surface area contributed by atoms with E-state index in [2.05, 4.69) is 25.7 Å². The second-order valence-corrected chi connectivity index (χ2v) is 7.72. The van der Waals surface area contributed by atoms with Gasteiger partial charge >= 0.3 is 5.69 Å². The molecule has 1 atom stereocenters. The van der Waals surface area contributed by atoms with Gasteiger partial charge in [-0.25, -0.2) is 9.89 Å². The van der Waals surface area contributed by atoms with Crippen molar-refractivity contribution in [1.82, 2.24) is 35.0 Å². The zero-order chi connectivity index (χ0) is 22.7. The highest BCUT2D eigenvalue weighted by molar-refractivity contribution is 5.77. The summed E-state index contributed by atoms with van der Waals surface area (Å²) in [4.78, 5) is 25.0. The zero-order valence-corrected chi connectivity index (χ0v) is 18.3. The molecule has 9 nitrogen and oxygen atoms in total. The normalized spacial score (nSPS) is 12.1. The van der Waals surface area contributed by atoms with Gasteiger partial charge in [0.1, 0.15) is 5.82 Å². The molecule has 1 N–H and O–H groups in total. The summed E-state index contributed by atoms with van der Waals surface area (Å²) in [6.07, 6.45) is 1.06. The highest BCUT2D eigenvalue weighted by atomic mass is 16.2. The van der Waals surface area contributed by atoms with Gasteiger partial charge in [0.25, 0.3) is 5.91 Å². The van der Waals surface area contributed by atoms with Gasteiger partial charge in [0.05, 0.1) is 6.54 Å². The predicted molar refractivity (Wildman–Crippen MR) is 120 cm³/mol. The van der Waals surface area contributed by atoms with Crippen LogP contribution in [0.3, 0.4) is 0 Å². The lowest BCUT2D eigenvalue weighted by atomic mass is 10.0. The highest BCUT2D eigenvalue weighted by Crippen LogP contribution is 2.25. The van der Waals surface area contributed by atoms with Gasteiger partial charge in [-0.2, -0.15) is 0 Å². The van der Waals surface area contributed by atoms with E-state index in [-0.39, 0.29) is 23.9 Å². The van der Waals surface area contributed by atoms with Crippen LogP contribution in [0, 0.1) is 0 Å². The van der Waals surface area contributed by atoms with Gasteiger partial charge in [-0.3, -0.25) is 9.36 Å². The molecule has 2 heterocycles. The molecule has 0 aliphatic rings. The Morgan fingerprint density at radius 1 is 1.06 bits per heavy atom. The molecule has 9 heteroatoms. The number of nitrogens with one attached hydrogen (secondary N) is 1. The maximum Gasteiger partial charge on any atom is 0.353 e. The van der Waals surface area contributed by atoms with Crippen LogP contribution in [0.5, 0.6) is 0 Å². The van der Waals surface area contributed by atoms with E-state index in [1.165, 1.54) is 0 Å². The maximum atomic E-state index is 12.9.